The van der Waals surface area contributed by atoms with Gasteiger partial charge in [0.1, 0.15) is 0 Å². The summed E-state index contributed by atoms with van der Waals surface area (Å²) in [6, 6.07) is -0.101. The summed E-state index contributed by atoms with van der Waals surface area (Å²) >= 11 is 5.54. The van der Waals surface area contributed by atoms with Gasteiger partial charge in [-0.2, -0.15) is 4.98 Å². The summed E-state index contributed by atoms with van der Waals surface area (Å²) in [6.07, 6.45) is 1.01. The molecule has 84 valence electrons. The third-order valence-corrected chi connectivity index (χ3v) is 2.40. The number of aliphatic hydroxyl groups excluding tert-OH is 1. The Morgan fingerprint density at radius 1 is 1.60 bits per heavy atom. The van der Waals surface area contributed by atoms with Crippen LogP contribution in [0.25, 0.3) is 0 Å². The van der Waals surface area contributed by atoms with Gasteiger partial charge in [-0.25, -0.2) is 9.37 Å². The van der Waals surface area contributed by atoms with E-state index in [1.165, 1.54) is 0 Å². The van der Waals surface area contributed by atoms with E-state index in [-0.39, 0.29) is 29.7 Å². The maximum Gasteiger partial charge on any atom is 0.224 e. The Hall–Kier alpha value is -0.940. The number of hydrogen-bond donors (Lipinski definition) is 2. The molecular weight excluding hydrogens is 221 g/mol. The quantitative estimate of drug-likeness (QED) is 0.778. The summed E-state index contributed by atoms with van der Waals surface area (Å²) in [5, 5.41) is 11.7. The monoisotopic (exact) mass is 233 g/mol. The summed E-state index contributed by atoms with van der Waals surface area (Å²) in [5.74, 6) is -0.502. The molecule has 1 aromatic heterocycles. The van der Waals surface area contributed by atoms with Crippen molar-refractivity contribution in [1.82, 2.24) is 9.97 Å². The molecule has 2 unspecified atom stereocenters. The van der Waals surface area contributed by atoms with Crippen LogP contribution < -0.4 is 5.32 Å². The highest BCUT2D eigenvalue weighted by molar-refractivity contribution is 6.28. The molecule has 1 rings (SSSR count). The number of hydrogen-bond acceptors (Lipinski definition) is 4. The molecule has 6 heteroatoms. The van der Waals surface area contributed by atoms with E-state index in [0.29, 0.717) is 0 Å². The van der Waals surface area contributed by atoms with E-state index in [1.807, 2.05) is 13.8 Å². The Morgan fingerprint density at radius 3 is 2.87 bits per heavy atom. The molecule has 0 radical (unpaired) electrons. The van der Waals surface area contributed by atoms with Crippen LogP contribution in [0.15, 0.2) is 6.20 Å². The van der Waals surface area contributed by atoms with Gasteiger partial charge in [0.05, 0.1) is 6.20 Å². The lowest BCUT2D eigenvalue weighted by molar-refractivity contribution is 0.226. The first kappa shape index (κ1) is 12.1. The van der Waals surface area contributed by atoms with E-state index < -0.39 is 5.82 Å². The van der Waals surface area contributed by atoms with Crippen LogP contribution in [-0.4, -0.2) is 27.7 Å². The second-order valence-corrected chi connectivity index (χ2v) is 3.77. The van der Waals surface area contributed by atoms with Crippen molar-refractivity contribution in [3.8, 4) is 0 Å². The predicted molar refractivity (Wildman–Crippen MR) is 56.3 cm³/mol. The van der Waals surface area contributed by atoms with Crippen LogP contribution in [-0.2, 0) is 0 Å². The van der Waals surface area contributed by atoms with Gasteiger partial charge in [0.25, 0.3) is 0 Å². The summed E-state index contributed by atoms with van der Waals surface area (Å²) in [4.78, 5) is 7.22. The Labute approximate surface area is 92.5 Å². The van der Waals surface area contributed by atoms with Gasteiger partial charge in [-0.1, -0.05) is 6.92 Å². The lowest BCUT2D eigenvalue weighted by atomic mass is 10.1. The van der Waals surface area contributed by atoms with Crippen LogP contribution in [0.5, 0.6) is 0 Å². The Kier molecular flexibility index (Phi) is 4.23. The number of aromatic nitrogens is 2. The van der Waals surface area contributed by atoms with Gasteiger partial charge >= 0.3 is 0 Å². The Morgan fingerprint density at radius 2 is 2.27 bits per heavy atom. The van der Waals surface area contributed by atoms with Gasteiger partial charge in [-0.3, -0.25) is 0 Å². The number of rotatable bonds is 4. The van der Waals surface area contributed by atoms with Crippen molar-refractivity contribution in [1.29, 1.82) is 0 Å². The maximum atomic E-state index is 13.2. The van der Waals surface area contributed by atoms with Gasteiger partial charge in [0.15, 0.2) is 11.6 Å². The van der Waals surface area contributed by atoms with Crippen molar-refractivity contribution < 1.29 is 9.50 Å². The number of halogens is 2. The molecule has 15 heavy (non-hydrogen) atoms. The van der Waals surface area contributed by atoms with Gasteiger partial charge in [-0.15, -0.1) is 0 Å². The second-order valence-electron chi connectivity index (χ2n) is 3.43. The zero-order valence-corrected chi connectivity index (χ0v) is 9.29. The SMILES string of the molecule is CC(CO)C(C)Nc1nc(Cl)ncc1F. The third kappa shape index (κ3) is 3.28. The van der Waals surface area contributed by atoms with Crippen molar-refractivity contribution in [3.63, 3.8) is 0 Å². The van der Waals surface area contributed by atoms with E-state index >= 15 is 0 Å². The van der Waals surface area contributed by atoms with E-state index in [1.54, 1.807) is 0 Å². The van der Waals surface area contributed by atoms with E-state index in [9.17, 15) is 4.39 Å². The highest BCUT2D eigenvalue weighted by atomic mass is 35.5. The fourth-order valence-corrected chi connectivity index (χ4v) is 1.10. The normalized spacial score (nSPS) is 14.7. The standard InChI is InChI=1S/C9H13ClFN3O/c1-5(4-15)6(2)13-8-7(11)3-12-9(10)14-8/h3,5-6,15H,4H2,1-2H3,(H,12,13,14). The van der Waals surface area contributed by atoms with Gasteiger partial charge in [0, 0.05) is 12.6 Å². The van der Waals surface area contributed by atoms with Crippen molar-refractivity contribution in [2.24, 2.45) is 5.92 Å². The molecule has 2 N–H and O–H groups in total. The highest BCUT2D eigenvalue weighted by Gasteiger charge is 2.14. The first-order valence-electron chi connectivity index (χ1n) is 4.60. The first-order chi connectivity index (χ1) is 7.04. The second kappa shape index (κ2) is 5.23. The minimum absolute atomic E-state index is 0.00172. The molecule has 0 saturated carbocycles. The van der Waals surface area contributed by atoms with Crippen molar-refractivity contribution >= 4 is 17.4 Å². The number of aliphatic hydroxyl groups is 1. The zero-order valence-electron chi connectivity index (χ0n) is 8.54. The molecule has 0 saturated heterocycles. The van der Waals surface area contributed by atoms with Crippen molar-refractivity contribution in [3.05, 3.63) is 17.3 Å². The Balaban J connectivity index is 2.75. The maximum absolute atomic E-state index is 13.2. The van der Waals surface area contributed by atoms with Crippen molar-refractivity contribution in [2.75, 3.05) is 11.9 Å². The smallest absolute Gasteiger partial charge is 0.224 e. The summed E-state index contributed by atoms with van der Waals surface area (Å²) < 4.78 is 13.2. The molecule has 0 aliphatic heterocycles. The van der Waals surface area contributed by atoms with Crippen LogP contribution >= 0.6 is 11.6 Å². The minimum Gasteiger partial charge on any atom is -0.396 e. The van der Waals surface area contributed by atoms with Crippen molar-refractivity contribution in [2.45, 2.75) is 19.9 Å². The average molecular weight is 234 g/mol. The molecule has 0 bridgehead atoms. The fourth-order valence-electron chi connectivity index (χ4n) is 0.963. The molecule has 0 aromatic carbocycles. The molecule has 0 fully saturated rings. The van der Waals surface area contributed by atoms with E-state index in [2.05, 4.69) is 15.3 Å². The number of nitrogens with zero attached hydrogens (tertiary/aromatic N) is 2. The highest BCUT2D eigenvalue weighted by Crippen LogP contribution is 2.15. The topological polar surface area (TPSA) is 58.0 Å². The summed E-state index contributed by atoms with van der Waals surface area (Å²) in [7, 11) is 0. The molecule has 1 heterocycles. The predicted octanol–water partition coefficient (Wildman–Crippen LogP) is 1.70. The number of nitrogens with one attached hydrogen (secondary N) is 1. The fraction of sp³-hybridized carbons (Fsp3) is 0.556. The van der Waals surface area contributed by atoms with Crippen LogP contribution in [0.2, 0.25) is 5.28 Å². The van der Waals surface area contributed by atoms with E-state index in [0.717, 1.165) is 6.20 Å². The summed E-state index contributed by atoms with van der Waals surface area (Å²) in [5.41, 5.74) is 0. The lowest BCUT2D eigenvalue weighted by Gasteiger charge is -2.19. The largest absolute Gasteiger partial charge is 0.396 e. The molecule has 0 spiro atoms. The van der Waals surface area contributed by atoms with E-state index in [4.69, 9.17) is 16.7 Å². The van der Waals surface area contributed by atoms with Crippen LogP contribution in [0.3, 0.4) is 0 Å². The van der Waals surface area contributed by atoms with Gasteiger partial charge in [0.2, 0.25) is 5.28 Å². The third-order valence-electron chi connectivity index (χ3n) is 2.22. The molecule has 0 aliphatic carbocycles. The minimum atomic E-state index is -0.559. The van der Waals surface area contributed by atoms with Gasteiger partial charge in [-0.05, 0) is 24.4 Å². The van der Waals surface area contributed by atoms with Crippen LogP contribution in [0.1, 0.15) is 13.8 Å². The summed E-state index contributed by atoms with van der Waals surface area (Å²) in [6.45, 7) is 3.70. The molecule has 0 aliphatic rings. The molecule has 0 amide bonds. The first-order valence-corrected chi connectivity index (χ1v) is 4.97. The molecule has 4 nitrogen and oxygen atoms in total. The van der Waals surface area contributed by atoms with Crippen LogP contribution in [0, 0.1) is 11.7 Å². The number of anilines is 1. The van der Waals surface area contributed by atoms with Crippen LogP contribution in [0.4, 0.5) is 10.2 Å². The lowest BCUT2D eigenvalue weighted by Crippen LogP contribution is -2.27. The zero-order chi connectivity index (χ0) is 11.4. The molecule has 1 aromatic rings. The molecule has 2 atom stereocenters. The average Bonchev–Trinajstić information content (AvgIpc) is 2.22. The Bertz CT molecular complexity index is 337. The van der Waals surface area contributed by atoms with Gasteiger partial charge < -0.3 is 10.4 Å². The molecular formula is C9H13ClFN3O.